The quantitative estimate of drug-likeness (QED) is 0.845. The number of alkyl halides is 3. The number of aryl methyl sites for hydroxylation is 1. The second-order valence-electron chi connectivity index (χ2n) is 4.03. The fourth-order valence-electron chi connectivity index (χ4n) is 1.58. The van der Waals surface area contributed by atoms with Crippen molar-refractivity contribution in [1.29, 1.82) is 0 Å². The Morgan fingerprint density at radius 1 is 1.22 bits per heavy atom. The molecule has 0 saturated carbocycles. The molecule has 0 amide bonds. The smallest absolute Gasteiger partial charge is 0.418 e. The summed E-state index contributed by atoms with van der Waals surface area (Å²) in [5.74, 6) is 0.0415. The number of halogens is 3. The van der Waals surface area contributed by atoms with E-state index in [-0.39, 0.29) is 11.3 Å². The first kappa shape index (κ1) is 14.6. The molecular formula is C13H15F3O2. The highest BCUT2D eigenvalue weighted by Gasteiger charge is 2.40. The lowest BCUT2D eigenvalue weighted by atomic mass is 10.0. The van der Waals surface area contributed by atoms with Crippen molar-refractivity contribution >= 4 is 5.76 Å². The van der Waals surface area contributed by atoms with Crippen molar-refractivity contribution in [1.82, 2.24) is 0 Å². The van der Waals surface area contributed by atoms with Crippen molar-refractivity contribution in [3.8, 4) is 0 Å². The van der Waals surface area contributed by atoms with E-state index in [1.807, 2.05) is 6.92 Å². The van der Waals surface area contributed by atoms with E-state index < -0.39 is 12.3 Å². The van der Waals surface area contributed by atoms with Crippen LogP contribution < -0.4 is 0 Å². The first-order valence-electron chi connectivity index (χ1n) is 5.34. The Hall–Kier alpha value is -1.49. The third-order valence-corrected chi connectivity index (χ3v) is 2.60. The minimum absolute atomic E-state index is 0.0415. The predicted molar refractivity (Wildman–Crippen MR) is 62.8 cm³/mol. The number of ether oxygens (including phenoxy) is 1. The Kier molecular flexibility index (Phi) is 4.40. The van der Waals surface area contributed by atoms with Gasteiger partial charge < -0.3 is 9.84 Å². The number of benzene rings is 1. The molecule has 5 heteroatoms. The maximum atomic E-state index is 12.4. The van der Waals surface area contributed by atoms with Crippen molar-refractivity contribution in [3.05, 3.63) is 41.0 Å². The molecule has 1 aromatic carbocycles. The van der Waals surface area contributed by atoms with Crippen molar-refractivity contribution in [2.24, 2.45) is 0 Å². The lowest BCUT2D eigenvalue weighted by Crippen LogP contribution is -2.30. The topological polar surface area (TPSA) is 29.5 Å². The highest BCUT2D eigenvalue weighted by atomic mass is 19.4. The fourth-order valence-corrected chi connectivity index (χ4v) is 1.58. The van der Waals surface area contributed by atoms with Crippen LogP contribution in [-0.2, 0) is 4.74 Å². The lowest BCUT2D eigenvalue weighted by molar-refractivity contribution is -0.191. The van der Waals surface area contributed by atoms with Crippen molar-refractivity contribution < 1.29 is 23.0 Å². The molecule has 0 aromatic heterocycles. The van der Waals surface area contributed by atoms with Crippen LogP contribution in [0.2, 0.25) is 0 Å². The number of hydrogen-bond acceptors (Lipinski definition) is 2. The van der Waals surface area contributed by atoms with E-state index in [1.165, 1.54) is 14.0 Å². The summed E-state index contributed by atoms with van der Waals surface area (Å²) in [6.45, 7) is 3.08. The molecule has 1 rings (SSSR count). The normalized spacial score (nSPS) is 15.1. The van der Waals surface area contributed by atoms with Gasteiger partial charge in [-0.15, -0.1) is 0 Å². The van der Waals surface area contributed by atoms with Gasteiger partial charge in [-0.3, -0.25) is 0 Å². The van der Waals surface area contributed by atoms with Crippen LogP contribution in [0.4, 0.5) is 13.2 Å². The van der Waals surface area contributed by atoms with Gasteiger partial charge in [-0.2, -0.15) is 13.2 Å². The SMILES string of the molecule is CO/C(=C(/C)[C@@H](O)C(F)(F)F)c1ccc(C)cc1. The number of hydrogen-bond donors (Lipinski definition) is 1. The zero-order chi connectivity index (χ0) is 13.9. The van der Waals surface area contributed by atoms with Gasteiger partial charge in [0.2, 0.25) is 0 Å². The average Bonchev–Trinajstić information content (AvgIpc) is 2.30. The molecule has 0 bridgehead atoms. The zero-order valence-corrected chi connectivity index (χ0v) is 10.4. The average molecular weight is 260 g/mol. The second kappa shape index (κ2) is 5.44. The van der Waals surface area contributed by atoms with Crippen molar-refractivity contribution in [3.63, 3.8) is 0 Å². The summed E-state index contributed by atoms with van der Waals surface area (Å²) in [6.07, 6.45) is -7.22. The molecule has 0 aliphatic heterocycles. The minimum Gasteiger partial charge on any atom is -0.496 e. The van der Waals surface area contributed by atoms with E-state index in [4.69, 9.17) is 4.74 Å². The van der Waals surface area contributed by atoms with E-state index >= 15 is 0 Å². The number of aliphatic hydroxyl groups is 1. The summed E-state index contributed by atoms with van der Waals surface area (Å²) in [5, 5.41) is 9.21. The minimum atomic E-state index is -4.70. The molecule has 18 heavy (non-hydrogen) atoms. The van der Waals surface area contributed by atoms with Crippen LogP contribution in [0.5, 0.6) is 0 Å². The van der Waals surface area contributed by atoms with E-state index in [0.717, 1.165) is 5.56 Å². The van der Waals surface area contributed by atoms with Gasteiger partial charge in [-0.25, -0.2) is 0 Å². The van der Waals surface area contributed by atoms with Gasteiger partial charge in [0, 0.05) is 11.1 Å². The van der Waals surface area contributed by atoms with Gasteiger partial charge in [0.25, 0.3) is 0 Å². The monoisotopic (exact) mass is 260 g/mol. The highest BCUT2D eigenvalue weighted by Crippen LogP contribution is 2.30. The molecule has 0 saturated heterocycles. The molecule has 0 radical (unpaired) electrons. The standard InChI is InChI=1S/C13H15F3O2/c1-8-4-6-10(7-5-8)11(18-3)9(2)12(17)13(14,15)16/h4-7,12,17H,1-3H3/b11-9-/t12-/m1/s1. The molecule has 0 unspecified atom stereocenters. The summed E-state index contributed by atoms with van der Waals surface area (Å²) in [4.78, 5) is 0. The Labute approximate surface area is 104 Å². The van der Waals surface area contributed by atoms with Crippen LogP contribution in [0, 0.1) is 6.92 Å². The summed E-state index contributed by atoms with van der Waals surface area (Å²) < 4.78 is 42.3. The summed E-state index contributed by atoms with van der Waals surface area (Å²) in [6, 6.07) is 6.84. The summed E-state index contributed by atoms with van der Waals surface area (Å²) >= 11 is 0. The second-order valence-corrected chi connectivity index (χ2v) is 4.03. The lowest BCUT2D eigenvalue weighted by Gasteiger charge is -2.18. The van der Waals surface area contributed by atoms with E-state index in [9.17, 15) is 18.3 Å². The maximum absolute atomic E-state index is 12.4. The largest absolute Gasteiger partial charge is 0.496 e. The maximum Gasteiger partial charge on any atom is 0.418 e. The van der Waals surface area contributed by atoms with E-state index in [2.05, 4.69) is 0 Å². The molecule has 1 aromatic rings. The summed E-state index contributed by atoms with van der Waals surface area (Å²) in [7, 11) is 1.28. The Morgan fingerprint density at radius 3 is 2.11 bits per heavy atom. The van der Waals surface area contributed by atoms with Crippen LogP contribution in [0.3, 0.4) is 0 Å². The molecule has 0 spiro atoms. The highest BCUT2D eigenvalue weighted by molar-refractivity contribution is 5.63. The van der Waals surface area contributed by atoms with Gasteiger partial charge in [0.05, 0.1) is 7.11 Å². The van der Waals surface area contributed by atoms with Crippen molar-refractivity contribution in [2.45, 2.75) is 26.1 Å². The molecular weight excluding hydrogens is 245 g/mol. The summed E-state index contributed by atoms with van der Waals surface area (Å²) in [5.41, 5.74) is 1.24. The fraction of sp³-hybridized carbons (Fsp3) is 0.385. The third-order valence-electron chi connectivity index (χ3n) is 2.60. The molecule has 0 aliphatic rings. The first-order chi connectivity index (χ1) is 8.27. The van der Waals surface area contributed by atoms with Gasteiger partial charge in [0.1, 0.15) is 5.76 Å². The van der Waals surface area contributed by atoms with Gasteiger partial charge >= 0.3 is 6.18 Å². The Morgan fingerprint density at radius 2 is 1.72 bits per heavy atom. The van der Waals surface area contributed by atoms with Crippen LogP contribution in [-0.4, -0.2) is 24.5 Å². The Bertz CT molecular complexity index is 433. The van der Waals surface area contributed by atoms with Crippen LogP contribution in [0.1, 0.15) is 18.1 Å². The molecule has 2 nitrogen and oxygen atoms in total. The molecule has 0 heterocycles. The molecule has 0 fully saturated rings. The van der Waals surface area contributed by atoms with E-state index in [0.29, 0.717) is 5.56 Å². The molecule has 1 atom stereocenters. The third kappa shape index (κ3) is 3.26. The number of rotatable bonds is 3. The molecule has 1 N–H and O–H groups in total. The van der Waals surface area contributed by atoms with E-state index in [1.54, 1.807) is 24.3 Å². The van der Waals surface area contributed by atoms with Gasteiger partial charge in [-0.1, -0.05) is 29.8 Å². The zero-order valence-electron chi connectivity index (χ0n) is 10.4. The number of methoxy groups -OCH3 is 1. The van der Waals surface area contributed by atoms with Crippen LogP contribution in [0.15, 0.2) is 29.8 Å². The first-order valence-corrected chi connectivity index (χ1v) is 5.34. The van der Waals surface area contributed by atoms with Crippen LogP contribution in [0.25, 0.3) is 5.76 Å². The Balaban J connectivity index is 3.19. The number of aliphatic hydroxyl groups excluding tert-OH is 1. The van der Waals surface area contributed by atoms with Crippen molar-refractivity contribution in [2.75, 3.05) is 7.11 Å². The van der Waals surface area contributed by atoms with Gasteiger partial charge in [0.15, 0.2) is 6.10 Å². The van der Waals surface area contributed by atoms with Crippen LogP contribution >= 0.6 is 0 Å². The molecule has 0 aliphatic carbocycles. The van der Waals surface area contributed by atoms with Gasteiger partial charge in [-0.05, 0) is 13.8 Å². The predicted octanol–water partition coefficient (Wildman–Crippen LogP) is 3.30. The molecule has 100 valence electrons.